The number of aliphatic carboxylic acids is 1. The molecular weight excluding hydrogens is 347 g/mol. The third-order valence-corrected chi connectivity index (χ3v) is 4.54. The summed E-state index contributed by atoms with van der Waals surface area (Å²) in [7, 11) is 0. The van der Waals surface area contributed by atoms with Crippen LogP contribution in [0.15, 0.2) is 36.4 Å². The van der Waals surface area contributed by atoms with E-state index in [1.807, 2.05) is 0 Å². The summed E-state index contributed by atoms with van der Waals surface area (Å²) in [6.07, 6.45) is 0.350. The highest BCUT2D eigenvalue weighted by molar-refractivity contribution is 5.88. The second-order valence-corrected chi connectivity index (χ2v) is 6.40. The summed E-state index contributed by atoms with van der Waals surface area (Å²) in [5.74, 6) is -4.72. The molecule has 0 saturated heterocycles. The van der Waals surface area contributed by atoms with E-state index in [1.165, 1.54) is 25.1 Å². The fraction of sp³-hybridized carbons (Fsp3) is 0.263. The van der Waals surface area contributed by atoms with Crippen LogP contribution < -0.4 is 5.32 Å². The van der Waals surface area contributed by atoms with Gasteiger partial charge < -0.3 is 10.4 Å². The zero-order chi connectivity index (χ0) is 19.0. The molecule has 2 N–H and O–H groups in total. The Kier molecular flexibility index (Phi) is 4.71. The predicted molar refractivity (Wildman–Crippen MR) is 86.9 cm³/mol. The van der Waals surface area contributed by atoms with Gasteiger partial charge in [-0.3, -0.25) is 4.79 Å². The Bertz CT molecular complexity index is 884. The van der Waals surface area contributed by atoms with Gasteiger partial charge in [0.15, 0.2) is 6.04 Å². The second-order valence-electron chi connectivity index (χ2n) is 6.40. The molecule has 1 amide bonds. The fourth-order valence-electron chi connectivity index (χ4n) is 3.02. The highest BCUT2D eigenvalue weighted by atomic mass is 19.1. The van der Waals surface area contributed by atoms with Gasteiger partial charge in [0, 0.05) is 12.0 Å². The minimum absolute atomic E-state index is 0.232. The summed E-state index contributed by atoms with van der Waals surface area (Å²) >= 11 is 0. The molecule has 4 nitrogen and oxygen atoms in total. The number of benzene rings is 2. The Morgan fingerprint density at radius 2 is 1.85 bits per heavy atom. The summed E-state index contributed by atoms with van der Waals surface area (Å²) in [6.45, 7) is 1.49. The van der Waals surface area contributed by atoms with Crippen LogP contribution in [0.3, 0.4) is 0 Å². The number of amides is 1. The lowest BCUT2D eigenvalue weighted by Crippen LogP contribution is -2.35. The Labute approximate surface area is 147 Å². The van der Waals surface area contributed by atoms with Gasteiger partial charge in [-0.1, -0.05) is 18.2 Å². The van der Waals surface area contributed by atoms with Crippen LogP contribution >= 0.6 is 0 Å². The van der Waals surface area contributed by atoms with Crippen molar-refractivity contribution in [3.05, 3.63) is 70.5 Å². The monoisotopic (exact) mass is 363 g/mol. The van der Waals surface area contributed by atoms with Gasteiger partial charge in [0.2, 0.25) is 5.91 Å². The van der Waals surface area contributed by atoms with Crippen molar-refractivity contribution in [3.63, 3.8) is 0 Å². The van der Waals surface area contributed by atoms with Crippen LogP contribution in [0.5, 0.6) is 0 Å². The van der Waals surface area contributed by atoms with Crippen molar-refractivity contribution in [2.75, 3.05) is 0 Å². The Morgan fingerprint density at radius 3 is 2.46 bits per heavy atom. The number of nitrogens with one attached hydrogen (secondary N) is 1. The largest absolute Gasteiger partial charge is 0.479 e. The van der Waals surface area contributed by atoms with Crippen LogP contribution in [0.2, 0.25) is 0 Å². The van der Waals surface area contributed by atoms with Crippen molar-refractivity contribution in [2.45, 2.75) is 25.3 Å². The molecular formula is C19H16F3NO3. The quantitative estimate of drug-likeness (QED) is 0.855. The summed E-state index contributed by atoms with van der Waals surface area (Å²) < 4.78 is 40.2. The number of halogens is 3. The van der Waals surface area contributed by atoms with E-state index in [-0.39, 0.29) is 16.7 Å². The Balaban J connectivity index is 1.73. The molecule has 0 heterocycles. The summed E-state index contributed by atoms with van der Waals surface area (Å²) in [5, 5.41) is 11.8. The van der Waals surface area contributed by atoms with Crippen LogP contribution in [0.25, 0.3) is 0 Å². The zero-order valence-electron chi connectivity index (χ0n) is 13.8. The number of carboxylic acid groups (broad SMARTS) is 1. The van der Waals surface area contributed by atoms with Crippen molar-refractivity contribution in [2.24, 2.45) is 5.92 Å². The Hall–Kier alpha value is -2.83. The van der Waals surface area contributed by atoms with Gasteiger partial charge in [-0.05, 0) is 48.1 Å². The lowest BCUT2D eigenvalue weighted by atomic mass is 10.0. The first kappa shape index (κ1) is 18.0. The molecule has 7 heteroatoms. The first-order valence-corrected chi connectivity index (χ1v) is 8.02. The molecule has 1 fully saturated rings. The van der Waals surface area contributed by atoms with E-state index in [4.69, 9.17) is 0 Å². The molecule has 0 bridgehead atoms. The molecule has 2 aromatic carbocycles. The van der Waals surface area contributed by atoms with E-state index in [0.29, 0.717) is 6.42 Å². The van der Waals surface area contributed by atoms with E-state index < -0.39 is 47.2 Å². The van der Waals surface area contributed by atoms with E-state index in [2.05, 4.69) is 5.32 Å². The van der Waals surface area contributed by atoms with Gasteiger partial charge in [0.05, 0.1) is 0 Å². The maximum atomic E-state index is 13.8. The van der Waals surface area contributed by atoms with Gasteiger partial charge in [-0.25, -0.2) is 18.0 Å². The van der Waals surface area contributed by atoms with Crippen molar-refractivity contribution in [3.8, 4) is 0 Å². The van der Waals surface area contributed by atoms with Crippen LogP contribution in [-0.4, -0.2) is 17.0 Å². The minimum Gasteiger partial charge on any atom is -0.479 e. The van der Waals surface area contributed by atoms with E-state index >= 15 is 0 Å². The van der Waals surface area contributed by atoms with Crippen LogP contribution in [0.1, 0.15) is 35.1 Å². The average molecular weight is 363 g/mol. The van der Waals surface area contributed by atoms with Crippen molar-refractivity contribution in [1.82, 2.24) is 5.32 Å². The zero-order valence-corrected chi connectivity index (χ0v) is 13.8. The number of carbonyl (C=O) groups excluding carboxylic acids is 1. The molecule has 1 aliphatic rings. The molecule has 3 rings (SSSR count). The molecule has 1 aliphatic carbocycles. The molecule has 0 aliphatic heterocycles. The van der Waals surface area contributed by atoms with Gasteiger partial charge in [0.25, 0.3) is 0 Å². The van der Waals surface area contributed by atoms with Crippen molar-refractivity contribution >= 4 is 11.9 Å². The van der Waals surface area contributed by atoms with E-state index in [1.54, 1.807) is 0 Å². The first-order valence-electron chi connectivity index (χ1n) is 8.02. The maximum Gasteiger partial charge on any atom is 0.330 e. The summed E-state index contributed by atoms with van der Waals surface area (Å²) in [4.78, 5) is 23.9. The molecule has 26 heavy (non-hydrogen) atoms. The number of hydrogen-bond donors (Lipinski definition) is 2. The average Bonchev–Trinajstić information content (AvgIpc) is 3.35. The SMILES string of the molecule is Cc1cc(C(NC(=O)C2CC2c2ccc(F)cc2F)C(=O)O)ccc1F. The van der Waals surface area contributed by atoms with E-state index in [0.717, 1.165) is 18.2 Å². The lowest BCUT2D eigenvalue weighted by Gasteiger charge is -2.16. The first-order chi connectivity index (χ1) is 12.3. The van der Waals surface area contributed by atoms with Gasteiger partial charge in [-0.15, -0.1) is 0 Å². The van der Waals surface area contributed by atoms with Crippen LogP contribution in [0, 0.1) is 30.3 Å². The number of carbonyl (C=O) groups is 2. The van der Waals surface area contributed by atoms with Gasteiger partial charge in [0.1, 0.15) is 17.5 Å². The summed E-state index contributed by atoms with van der Waals surface area (Å²) in [5.41, 5.74) is 0.742. The van der Waals surface area contributed by atoms with Crippen molar-refractivity contribution in [1.29, 1.82) is 0 Å². The second kappa shape index (κ2) is 6.82. The number of aryl methyl sites for hydroxylation is 1. The molecule has 1 saturated carbocycles. The molecule has 0 radical (unpaired) electrons. The minimum atomic E-state index is -1.33. The van der Waals surface area contributed by atoms with Crippen LogP contribution in [0.4, 0.5) is 13.2 Å². The number of rotatable bonds is 5. The highest BCUT2D eigenvalue weighted by Crippen LogP contribution is 2.48. The highest BCUT2D eigenvalue weighted by Gasteiger charge is 2.46. The van der Waals surface area contributed by atoms with E-state index in [9.17, 15) is 27.9 Å². The maximum absolute atomic E-state index is 13.8. The molecule has 136 valence electrons. The molecule has 0 aromatic heterocycles. The third kappa shape index (κ3) is 3.56. The fourth-order valence-corrected chi connectivity index (χ4v) is 3.02. The predicted octanol–water partition coefficient (Wildman–Crippen LogP) is 3.46. The standard InChI is InChI=1S/C19H16F3NO3/c1-9-6-10(2-5-15(9)21)17(19(25)26)23-18(24)14-8-13(14)12-4-3-11(20)7-16(12)22/h2-7,13-14,17H,8H2,1H3,(H,23,24)(H,25,26). The normalized spacial score (nSPS) is 19.7. The lowest BCUT2D eigenvalue weighted by molar-refractivity contribution is -0.142. The summed E-state index contributed by atoms with van der Waals surface area (Å²) in [6, 6.07) is 5.63. The molecule has 2 aromatic rings. The van der Waals surface area contributed by atoms with Gasteiger partial charge in [-0.2, -0.15) is 0 Å². The van der Waals surface area contributed by atoms with Gasteiger partial charge >= 0.3 is 5.97 Å². The number of carboxylic acids is 1. The third-order valence-electron chi connectivity index (χ3n) is 4.54. The molecule has 3 unspecified atom stereocenters. The van der Waals surface area contributed by atoms with Crippen molar-refractivity contribution < 1.29 is 27.9 Å². The molecule has 3 atom stereocenters. The Morgan fingerprint density at radius 1 is 1.12 bits per heavy atom. The van der Waals surface area contributed by atoms with Crippen LogP contribution in [-0.2, 0) is 9.59 Å². The number of hydrogen-bond acceptors (Lipinski definition) is 2. The topological polar surface area (TPSA) is 66.4 Å². The smallest absolute Gasteiger partial charge is 0.330 e. The molecule has 0 spiro atoms.